The molecule has 0 aliphatic heterocycles. The first kappa shape index (κ1) is 13.4. The van der Waals surface area contributed by atoms with E-state index in [4.69, 9.17) is 0 Å². The van der Waals surface area contributed by atoms with E-state index >= 15 is 0 Å². The Morgan fingerprint density at radius 2 is 2.06 bits per heavy atom. The van der Waals surface area contributed by atoms with Crippen molar-refractivity contribution in [3.63, 3.8) is 0 Å². The molecule has 0 saturated heterocycles. The van der Waals surface area contributed by atoms with E-state index in [2.05, 4.69) is 41.9 Å². The van der Waals surface area contributed by atoms with Crippen molar-refractivity contribution < 1.29 is 18.1 Å². The van der Waals surface area contributed by atoms with E-state index in [1.807, 2.05) is 0 Å². The summed E-state index contributed by atoms with van der Waals surface area (Å²) in [7, 11) is 0. The zero-order valence-electron chi connectivity index (χ0n) is 7.28. The van der Waals surface area contributed by atoms with E-state index < -0.39 is 23.7 Å². The Bertz CT molecular complexity index is 407. The smallest absolute Gasteiger partial charge is 0.264 e. The molecule has 0 fully saturated rings. The first-order valence-corrected chi connectivity index (χ1v) is 5.26. The molecule has 1 unspecified atom stereocenters. The molecule has 0 aliphatic rings. The van der Waals surface area contributed by atoms with Gasteiger partial charge in [0, 0.05) is 4.92 Å². The van der Waals surface area contributed by atoms with Crippen LogP contribution in [0.15, 0.2) is 9.47 Å². The van der Waals surface area contributed by atoms with Crippen LogP contribution in [0.2, 0.25) is 0 Å². The molecule has 6 nitrogen and oxygen atoms in total. The van der Waals surface area contributed by atoms with Gasteiger partial charge in [0.2, 0.25) is 17.3 Å². The minimum absolute atomic E-state index is 0.0861. The van der Waals surface area contributed by atoms with Crippen LogP contribution in [0.5, 0.6) is 0 Å². The molecule has 16 heavy (non-hydrogen) atoms. The van der Waals surface area contributed by atoms with Crippen LogP contribution in [0.25, 0.3) is 0 Å². The number of aromatic nitrogens is 3. The third-order valence-corrected chi connectivity index (χ3v) is 2.44. The van der Waals surface area contributed by atoms with Crippen LogP contribution < -0.4 is 0 Å². The molecule has 1 rings (SSSR count). The van der Waals surface area contributed by atoms with Gasteiger partial charge in [0.25, 0.3) is 0 Å². The SMILES string of the molecule is O=[N+]([O-])CC(n1nc(Br)nc1Br)C(F)(F)F. The molecule has 11 heteroatoms. The summed E-state index contributed by atoms with van der Waals surface area (Å²) in [6, 6.07) is -2.35. The van der Waals surface area contributed by atoms with Gasteiger partial charge >= 0.3 is 6.18 Å². The highest BCUT2D eigenvalue weighted by atomic mass is 79.9. The van der Waals surface area contributed by atoms with Gasteiger partial charge in [0.15, 0.2) is 4.73 Å². The molecular weight excluding hydrogens is 365 g/mol. The fraction of sp³-hybridized carbons (Fsp3) is 0.600. The van der Waals surface area contributed by atoms with Gasteiger partial charge in [-0.2, -0.15) is 18.2 Å². The van der Waals surface area contributed by atoms with Gasteiger partial charge in [-0.1, -0.05) is 0 Å². The highest BCUT2D eigenvalue weighted by molar-refractivity contribution is 9.11. The van der Waals surface area contributed by atoms with Crippen LogP contribution in [0.3, 0.4) is 0 Å². The van der Waals surface area contributed by atoms with Crippen molar-refractivity contribution >= 4 is 31.9 Å². The summed E-state index contributed by atoms with van der Waals surface area (Å²) < 4.78 is 37.7. The fourth-order valence-corrected chi connectivity index (χ4v) is 2.01. The van der Waals surface area contributed by atoms with Crippen molar-refractivity contribution in [1.29, 1.82) is 0 Å². The highest BCUT2D eigenvalue weighted by Crippen LogP contribution is 2.32. The van der Waals surface area contributed by atoms with Gasteiger partial charge in [-0.3, -0.25) is 10.1 Å². The zero-order valence-corrected chi connectivity index (χ0v) is 10.5. The van der Waals surface area contributed by atoms with Crippen molar-refractivity contribution in [2.75, 3.05) is 6.54 Å². The van der Waals surface area contributed by atoms with Gasteiger partial charge < -0.3 is 0 Å². The van der Waals surface area contributed by atoms with Crippen LogP contribution in [-0.2, 0) is 0 Å². The molecule has 90 valence electrons. The molecule has 0 aliphatic carbocycles. The Kier molecular flexibility index (Phi) is 3.88. The summed E-state index contributed by atoms with van der Waals surface area (Å²) in [4.78, 5) is 12.6. The molecule has 0 bridgehead atoms. The van der Waals surface area contributed by atoms with E-state index in [-0.39, 0.29) is 9.47 Å². The van der Waals surface area contributed by atoms with Crippen molar-refractivity contribution in [3.8, 4) is 0 Å². The maximum absolute atomic E-state index is 12.5. The number of halogens is 5. The third-order valence-electron chi connectivity index (χ3n) is 1.56. The van der Waals surface area contributed by atoms with Crippen LogP contribution >= 0.6 is 31.9 Å². The monoisotopic (exact) mass is 366 g/mol. The lowest BCUT2D eigenvalue weighted by Crippen LogP contribution is -2.33. The summed E-state index contributed by atoms with van der Waals surface area (Å²) >= 11 is 5.51. The highest BCUT2D eigenvalue weighted by Gasteiger charge is 2.46. The average Bonchev–Trinajstić information content (AvgIpc) is 2.38. The minimum atomic E-state index is -4.78. The van der Waals surface area contributed by atoms with Gasteiger partial charge in [0.1, 0.15) is 0 Å². The second-order valence-electron chi connectivity index (χ2n) is 2.67. The van der Waals surface area contributed by atoms with E-state index in [0.29, 0.717) is 4.68 Å². The molecule has 0 radical (unpaired) electrons. The summed E-state index contributed by atoms with van der Waals surface area (Å²) in [5.74, 6) is 0. The number of hydrogen-bond donors (Lipinski definition) is 0. The van der Waals surface area contributed by atoms with Crippen LogP contribution in [0.1, 0.15) is 6.04 Å². The molecule has 1 atom stereocenters. The van der Waals surface area contributed by atoms with Gasteiger partial charge in [-0.15, -0.1) is 5.10 Å². The maximum Gasteiger partial charge on any atom is 0.417 e. The molecule has 0 aromatic carbocycles. The number of hydrogen-bond acceptors (Lipinski definition) is 4. The standard InChI is InChI=1S/C5H3Br2F3N4O2/c6-3-11-4(7)14(12-3)2(1-13(15)16)5(8,9)10/h2H,1H2. The second-order valence-corrected chi connectivity index (χ2v) is 4.09. The van der Waals surface area contributed by atoms with Crippen molar-refractivity contribution in [1.82, 2.24) is 14.8 Å². The van der Waals surface area contributed by atoms with Gasteiger partial charge in [-0.05, 0) is 31.9 Å². The van der Waals surface area contributed by atoms with Crippen LogP contribution in [-0.4, -0.2) is 32.4 Å². The topological polar surface area (TPSA) is 73.8 Å². The summed E-state index contributed by atoms with van der Waals surface area (Å²) in [5.41, 5.74) is 0. The zero-order chi connectivity index (χ0) is 12.5. The number of nitro groups is 1. The second kappa shape index (κ2) is 4.65. The number of rotatable bonds is 3. The largest absolute Gasteiger partial charge is 0.417 e. The molecule has 1 heterocycles. The first-order chi connectivity index (χ1) is 7.21. The Labute approximate surface area is 103 Å². The number of nitrogens with zero attached hydrogens (tertiary/aromatic N) is 4. The molecule has 0 saturated carbocycles. The lowest BCUT2D eigenvalue weighted by Gasteiger charge is -2.16. The summed E-state index contributed by atoms with van der Waals surface area (Å²) in [6.07, 6.45) is -4.78. The Morgan fingerprint density at radius 1 is 1.50 bits per heavy atom. The lowest BCUT2D eigenvalue weighted by molar-refractivity contribution is -0.495. The first-order valence-electron chi connectivity index (χ1n) is 3.68. The quantitative estimate of drug-likeness (QED) is 0.606. The van der Waals surface area contributed by atoms with Crippen LogP contribution in [0.4, 0.5) is 13.2 Å². The third kappa shape index (κ3) is 3.14. The molecular formula is C5H3Br2F3N4O2. The normalized spacial score (nSPS) is 13.8. The molecule has 1 aromatic rings. The summed E-state index contributed by atoms with van der Waals surface area (Å²) in [6.45, 7) is -1.31. The number of alkyl halides is 3. The lowest BCUT2D eigenvalue weighted by atomic mass is 10.3. The van der Waals surface area contributed by atoms with Gasteiger partial charge in [-0.25, -0.2) is 4.68 Å². The Hall–Kier alpha value is -0.710. The minimum Gasteiger partial charge on any atom is -0.264 e. The fourth-order valence-electron chi connectivity index (χ4n) is 0.939. The Morgan fingerprint density at radius 3 is 2.38 bits per heavy atom. The van der Waals surface area contributed by atoms with Crippen LogP contribution in [0, 0.1) is 10.1 Å². The van der Waals surface area contributed by atoms with Crippen molar-refractivity contribution in [3.05, 3.63) is 19.6 Å². The van der Waals surface area contributed by atoms with E-state index in [1.54, 1.807) is 0 Å². The van der Waals surface area contributed by atoms with E-state index in [9.17, 15) is 23.3 Å². The maximum atomic E-state index is 12.5. The van der Waals surface area contributed by atoms with Crippen molar-refractivity contribution in [2.45, 2.75) is 12.2 Å². The van der Waals surface area contributed by atoms with E-state index in [0.717, 1.165) is 0 Å². The average molecular weight is 368 g/mol. The van der Waals surface area contributed by atoms with E-state index in [1.165, 1.54) is 0 Å². The molecule has 0 amide bonds. The predicted molar refractivity (Wildman–Crippen MR) is 52.4 cm³/mol. The predicted octanol–water partition coefficient (Wildman–Crippen LogP) is 2.18. The molecule has 1 aromatic heterocycles. The Balaban J connectivity index is 3.11. The molecule has 0 spiro atoms. The summed E-state index contributed by atoms with van der Waals surface area (Å²) in [5, 5.41) is 13.5. The van der Waals surface area contributed by atoms with Crippen molar-refractivity contribution in [2.24, 2.45) is 0 Å². The van der Waals surface area contributed by atoms with Gasteiger partial charge in [0.05, 0.1) is 0 Å². The molecule has 0 N–H and O–H groups in total.